The highest BCUT2D eigenvalue weighted by Crippen LogP contribution is 2.26. The van der Waals surface area contributed by atoms with Gasteiger partial charge in [-0.25, -0.2) is 18.4 Å². The summed E-state index contributed by atoms with van der Waals surface area (Å²) in [6.07, 6.45) is -3.80. The number of aromatic nitrogens is 3. The number of ether oxygens (including phenoxy) is 1. The van der Waals surface area contributed by atoms with Gasteiger partial charge in [-0.15, -0.1) is 0 Å². The summed E-state index contributed by atoms with van der Waals surface area (Å²) in [5.74, 6) is -2.95. The Morgan fingerprint density at radius 1 is 1.19 bits per heavy atom. The van der Waals surface area contributed by atoms with Gasteiger partial charge in [0.2, 0.25) is 11.8 Å². The van der Waals surface area contributed by atoms with Gasteiger partial charge in [0.15, 0.2) is 17.3 Å². The number of halogens is 5. The van der Waals surface area contributed by atoms with Crippen LogP contribution in [0, 0.1) is 11.6 Å². The lowest BCUT2D eigenvalue weighted by Gasteiger charge is -2.34. The number of methoxy groups -OCH3 is 1. The number of benzene rings is 1. The summed E-state index contributed by atoms with van der Waals surface area (Å²) in [6, 6.07) is 4.60. The van der Waals surface area contributed by atoms with Crippen molar-refractivity contribution >= 4 is 23.1 Å². The van der Waals surface area contributed by atoms with Gasteiger partial charge in [0.1, 0.15) is 12.6 Å². The topological polar surface area (TPSA) is 113 Å². The SMILES string of the molecule is CCC[C@@H](NC(=O)N1CCC(n2c(=O)[nH]c3nc(OC)ccc32)CC1)C(=O)N(CCc1cccc(F)c1F)CC(F)(F)F. The number of fused-ring (bicyclic) bond motifs is 1. The number of alkyl halides is 3. The van der Waals surface area contributed by atoms with Crippen LogP contribution in [-0.2, 0) is 11.2 Å². The highest BCUT2D eigenvalue weighted by molar-refractivity contribution is 5.87. The van der Waals surface area contributed by atoms with Crippen LogP contribution in [-0.4, -0.2) is 81.8 Å². The maximum Gasteiger partial charge on any atom is 0.406 e. The predicted molar refractivity (Wildman–Crippen MR) is 147 cm³/mol. The van der Waals surface area contributed by atoms with Gasteiger partial charge in [-0.2, -0.15) is 18.2 Å². The molecule has 0 radical (unpaired) electrons. The van der Waals surface area contributed by atoms with E-state index in [1.807, 2.05) is 0 Å². The Kier molecular flexibility index (Phi) is 9.91. The van der Waals surface area contributed by atoms with Crippen molar-refractivity contribution in [2.45, 2.75) is 57.3 Å². The lowest BCUT2D eigenvalue weighted by atomic mass is 10.0. The number of likely N-dealkylation sites (tertiary alicyclic amines) is 1. The number of nitrogens with zero attached hydrogens (tertiary/aromatic N) is 4. The summed E-state index contributed by atoms with van der Waals surface area (Å²) in [5, 5.41) is 2.57. The molecule has 0 spiro atoms. The zero-order valence-corrected chi connectivity index (χ0v) is 23.7. The van der Waals surface area contributed by atoms with Crippen LogP contribution in [0.15, 0.2) is 35.1 Å². The van der Waals surface area contributed by atoms with Crippen LogP contribution in [0.1, 0.15) is 44.2 Å². The predicted octanol–water partition coefficient (Wildman–Crippen LogP) is 4.16. The number of hydrogen-bond acceptors (Lipinski definition) is 5. The van der Waals surface area contributed by atoms with E-state index in [-0.39, 0.29) is 43.2 Å². The van der Waals surface area contributed by atoms with Crippen molar-refractivity contribution in [2.24, 2.45) is 0 Å². The van der Waals surface area contributed by atoms with Crippen molar-refractivity contribution in [2.75, 3.05) is 33.3 Å². The van der Waals surface area contributed by atoms with Crippen molar-refractivity contribution in [1.29, 1.82) is 0 Å². The number of amides is 3. The number of aromatic amines is 1. The summed E-state index contributed by atoms with van der Waals surface area (Å²) in [5.41, 5.74) is 0.442. The van der Waals surface area contributed by atoms with E-state index in [2.05, 4.69) is 15.3 Å². The van der Waals surface area contributed by atoms with E-state index >= 15 is 0 Å². The van der Waals surface area contributed by atoms with Crippen molar-refractivity contribution in [3.63, 3.8) is 0 Å². The van der Waals surface area contributed by atoms with E-state index in [4.69, 9.17) is 4.74 Å². The van der Waals surface area contributed by atoms with E-state index in [9.17, 15) is 36.3 Å². The molecule has 2 aromatic heterocycles. The zero-order chi connectivity index (χ0) is 31.3. The van der Waals surface area contributed by atoms with Gasteiger partial charge in [-0.05, 0) is 43.4 Å². The standard InChI is InChI=1S/C28H33F5N6O4/c1-3-5-20(25(40)38(16-28(31,32)33)13-10-17-6-4-7-19(29)23(17)30)34-26(41)37-14-11-18(12-15-37)39-21-8-9-22(43-2)35-24(21)36-27(39)42/h4,6-9,18,20H,3,5,10-16H2,1-2H3,(H,34,41)(H,35,36,42)/t20-/m1/s1. The normalized spacial score (nSPS) is 15.0. The summed E-state index contributed by atoms with van der Waals surface area (Å²) >= 11 is 0. The summed E-state index contributed by atoms with van der Waals surface area (Å²) < 4.78 is 74.6. The molecule has 2 N–H and O–H groups in total. The van der Waals surface area contributed by atoms with Crippen LogP contribution in [0.25, 0.3) is 11.2 Å². The molecule has 3 heterocycles. The second kappa shape index (κ2) is 13.4. The zero-order valence-electron chi connectivity index (χ0n) is 23.7. The molecule has 0 unspecified atom stereocenters. The minimum atomic E-state index is -4.75. The van der Waals surface area contributed by atoms with Crippen LogP contribution in [0.2, 0.25) is 0 Å². The fraction of sp³-hybridized carbons (Fsp3) is 0.500. The average molecular weight is 613 g/mol. The smallest absolute Gasteiger partial charge is 0.406 e. The van der Waals surface area contributed by atoms with E-state index < -0.39 is 48.9 Å². The fourth-order valence-corrected chi connectivity index (χ4v) is 5.28. The van der Waals surface area contributed by atoms with Crippen LogP contribution in [0.3, 0.4) is 0 Å². The molecule has 0 saturated carbocycles. The van der Waals surface area contributed by atoms with Crippen LogP contribution in [0.4, 0.5) is 26.7 Å². The van der Waals surface area contributed by atoms with Gasteiger partial charge in [0.25, 0.3) is 0 Å². The molecule has 1 fully saturated rings. The largest absolute Gasteiger partial charge is 0.481 e. The molecule has 1 saturated heterocycles. The van der Waals surface area contributed by atoms with E-state index in [0.29, 0.717) is 41.2 Å². The average Bonchev–Trinajstić information content (AvgIpc) is 3.30. The molecule has 1 aliphatic rings. The van der Waals surface area contributed by atoms with Crippen LogP contribution >= 0.6 is 0 Å². The van der Waals surface area contributed by atoms with Crippen molar-refractivity contribution in [1.82, 2.24) is 29.7 Å². The molecule has 43 heavy (non-hydrogen) atoms. The second-order valence-corrected chi connectivity index (χ2v) is 10.4. The molecule has 1 aromatic carbocycles. The molecule has 15 heteroatoms. The minimum absolute atomic E-state index is 0.0743. The number of carbonyl (C=O) groups excluding carboxylic acids is 2. The minimum Gasteiger partial charge on any atom is -0.481 e. The number of hydrogen-bond donors (Lipinski definition) is 2. The number of H-pyrrole nitrogens is 1. The monoisotopic (exact) mass is 612 g/mol. The van der Waals surface area contributed by atoms with Crippen molar-refractivity contribution in [3.8, 4) is 5.88 Å². The Hall–Kier alpha value is -4.17. The summed E-state index contributed by atoms with van der Waals surface area (Å²) in [4.78, 5) is 48.0. The molecule has 3 amide bonds. The molecule has 1 aliphatic heterocycles. The van der Waals surface area contributed by atoms with E-state index in [0.717, 1.165) is 6.07 Å². The van der Waals surface area contributed by atoms with Crippen molar-refractivity contribution in [3.05, 3.63) is 58.0 Å². The molecule has 0 bridgehead atoms. The third-order valence-electron chi connectivity index (χ3n) is 7.42. The fourth-order valence-electron chi connectivity index (χ4n) is 5.28. The number of rotatable bonds is 10. The Bertz CT molecular complexity index is 1500. The number of imidazole rings is 1. The first-order valence-corrected chi connectivity index (χ1v) is 13.9. The maximum atomic E-state index is 14.1. The van der Waals surface area contributed by atoms with Gasteiger partial charge in [-0.1, -0.05) is 25.5 Å². The van der Waals surface area contributed by atoms with E-state index in [1.54, 1.807) is 23.6 Å². The molecular formula is C28H33F5N6O4. The third kappa shape index (κ3) is 7.62. The molecule has 4 rings (SSSR count). The number of piperidine rings is 1. The first kappa shape index (κ1) is 31.8. The van der Waals surface area contributed by atoms with Crippen LogP contribution < -0.4 is 15.7 Å². The molecule has 1 atom stereocenters. The summed E-state index contributed by atoms with van der Waals surface area (Å²) in [7, 11) is 1.46. The van der Waals surface area contributed by atoms with Gasteiger partial charge in [0, 0.05) is 31.7 Å². The number of carbonyl (C=O) groups is 2. The Balaban J connectivity index is 1.42. The second-order valence-electron chi connectivity index (χ2n) is 10.4. The first-order valence-electron chi connectivity index (χ1n) is 13.9. The summed E-state index contributed by atoms with van der Waals surface area (Å²) in [6.45, 7) is 0.0524. The highest BCUT2D eigenvalue weighted by atomic mass is 19.4. The maximum absolute atomic E-state index is 14.1. The molecule has 10 nitrogen and oxygen atoms in total. The lowest BCUT2D eigenvalue weighted by Crippen LogP contribution is -2.55. The van der Waals surface area contributed by atoms with Gasteiger partial charge >= 0.3 is 17.9 Å². The highest BCUT2D eigenvalue weighted by Gasteiger charge is 2.36. The van der Waals surface area contributed by atoms with Gasteiger partial charge < -0.3 is 19.9 Å². The first-order chi connectivity index (χ1) is 20.4. The number of urea groups is 1. The molecule has 234 valence electrons. The molecular weight excluding hydrogens is 579 g/mol. The Morgan fingerprint density at radius 2 is 1.91 bits per heavy atom. The molecule has 3 aromatic rings. The molecule has 0 aliphatic carbocycles. The number of pyridine rings is 1. The number of nitrogens with one attached hydrogen (secondary N) is 2. The Labute approximate surface area is 243 Å². The van der Waals surface area contributed by atoms with E-state index in [1.165, 1.54) is 24.1 Å². The van der Waals surface area contributed by atoms with Crippen molar-refractivity contribution < 1.29 is 36.3 Å². The third-order valence-corrected chi connectivity index (χ3v) is 7.42. The van der Waals surface area contributed by atoms with Gasteiger partial charge in [0.05, 0.1) is 12.6 Å². The van der Waals surface area contributed by atoms with Gasteiger partial charge in [-0.3, -0.25) is 14.3 Å². The Morgan fingerprint density at radius 3 is 2.56 bits per heavy atom. The lowest BCUT2D eigenvalue weighted by molar-refractivity contribution is -0.162. The quantitative estimate of drug-likeness (QED) is 0.334. The van der Waals surface area contributed by atoms with Crippen LogP contribution in [0.5, 0.6) is 5.88 Å².